The number of rotatable bonds is 7. The first-order chi connectivity index (χ1) is 26.1. The minimum atomic E-state index is -1.44. The number of hydrogen-bond acceptors (Lipinski definition) is 8. The zero-order valence-electron chi connectivity index (χ0n) is 30.2. The monoisotopic (exact) mass is 771 g/mol. The average Bonchev–Trinajstić information content (AvgIpc) is 3.82. The van der Waals surface area contributed by atoms with E-state index in [4.69, 9.17) is 26.6 Å². The number of fused-ring (bicyclic) bond motifs is 5. The summed E-state index contributed by atoms with van der Waals surface area (Å²) in [6.07, 6.45) is 13.6. The summed E-state index contributed by atoms with van der Waals surface area (Å²) in [7, 11) is 7.99. The highest BCUT2D eigenvalue weighted by Gasteiger charge is 2.47. The number of benzene rings is 3. The van der Waals surface area contributed by atoms with Gasteiger partial charge in [-0.3, -0.25) is 4.98 Å². The van der Waals surface area contributed by atoms with Crippen molar-refractivity contribution in [3.05, 3.63) is 83.6 Å². The molecule has 9 nitrogen and oxygen atoms in total. The van der Waals surface area contributed by atoms with Crippen molar-refractivity contribution in [1.29, 1.82) is 0 Å². The molecule has 0 radical (unpaired) electrons. The number of aromatic nitrogens is 3. The molecule has 4 saturated heterocycles. The summed E-state index contributed by atoms with van der Waals surface area (Å²) in [6, 6.07) is 17.4. The number of quaternary nitrogens is 1. The van der Waals surface area contributed by atoms with Crippen molar-refractivity contribution >= 4 is 48.2 Å². The molecule has 4 fully saturated rings. The van der Waals surface area contributed by atoms with Crippen LogP contribution in [0.1, 0.15) is 43.2 Å². The van der Waals surface area contributed by atoms with E-state index >= 15 is 4.39 Å². The number of piperazine rings is 1. The molecule has 2 bridgehead atoms. The summed E-state index contributed by atoms with van der Waals surface area (Å²) in [5.41, 5.74) is 1.68. The van der Waals surface area contributed by atoms with E-state index in [1.54, 1.807) is 36.5 Å². The fourth-order valence-electron chi connectivity index (χ4n) is 8.91. The highest BCUT2D eigenvalue weighted by Crippen LogP contribution is 2.38. The Balaban J connectivity index is 0.000000176. The van der Waals surface area contributed by atoms with Crippen molar-refractivity contribution < 1.29 is 26.9 Å². The molecule has 6 heterocycles. The maximum absolute atomic E-state index is 16.1. The molecular weight excluding hydrogens is 730 g/mol. The van der Waals surface area contributed by atoms with Gasteiger partial charge in [-0.25, -0.2) is 13.0 Å². The molecule has 9 rings (SSSR count). The Kier molecular flexibility index (Phi) is 10.3. The molecule has 280 valence electrons. The first-order valence-corrected chi connectivity index (χ1v) is 20.3. The summed E-state index contributed by atoms with van der Waals surface area (Å²) >= 11 is 0. The van der Waals surface area contributed by atoms with E-state index in [0.29, 0.717) is 57.2 Å². The largest absolute Gasteiger partial charge is 0.467 e. The van der Waals surface area contributed by atoms with Gasteiger partial charge in [-0.15, -0.1) is 6.42 Å². The third kappa shape index (κ3) is 7.04. The van der Waals surface area contributed by atoms with Crippen LogP contribution < -0.4 is 15.0 Å². The Morgan fingerprint density at radius 1 is 1.09 bits per heavy atom. The molecule has 13 heteroatoms. The minimum Gasteiger partial charge on any atom is -0.467 e. The lowest BCUT2D eigenvalue weighted by atomic mass is 9.96. The zero-order chi connectivity index (χ0) is 37.6. The van der Waals surface area contributed by atoms with E-state index in [0.717, 1.165) is 44.1 Å². The van der Waals surface area contributed by atoms with Crippen molar-refractivity contribution in [2.24, 2.45) is 0 Å². The molecule has 6 atom stereocenters. The lowest BCUT2D eigenvalue weighted by molar-refractivity contribution is -0.909. The van der Waals surface area contributed by atoms with Gasteiger partial charge in [0.2, 0.25) is 0 Å². The number of anilines is 1. The van der Waals surface area contributed by atoms with Crippen molar-refractivity contribution in [3.63, 3.8) is 0 Å². The molecule has 5 aromatic rings. The van der Waals surface area contributed by atoms with E-state index in [1.807, 2.05) is 18.2 Å². The van der Waals surface area contributed by atoms with Gasteiger partial charge in [-0.2, -0.15) is 9.97 Å². The summed E-state index contributed by atoms with van der Waals surface area (Å²) in [5, 5.41) is 5.23. The van der Waals surface area contributed by atoms with Gasteiger partial charge in [0.1, 0.15) is 45.5 Å². The first kappa shape index (κ1) is 36.7. The number of methoxy groups -OCH3 is 1. The second kappa shape index (κ2) is 15.1. The van der Waals surface area contributed by atoms with Crippen LogP contribution in [0.3, 0.4) is 0 Å². The van der Waals surface area contributed by atoms with Gasteiger partial charge in [0, 0.05) is 61.6 Å². The van der Waals surface area contributed by atoms with E-state index in [-0.39, 0.29) is 22.8 Å². The molecule has 4 aliphatic rings. The molecule has 1 N–H and O–H groups in total. The van der Waals surface area contributed by atoms with Gasteiger partial charge in [0.25, 0.3) is 0 Å². The predicted molar refractivity (Wildman–Crippen MR) is 208 cm³/mol. The molecule has 4 aliphatic heterocycles. The molecule has 0 aliphatic carbocycles. The fourth-order valence-corrected chi connectivity index (χ4v) is 9.63. The van der Waals surface area contributed by atoms with Crippen LogP contribution in [0, 0.1) is 24.0 Å². The Morgan fingerprint density at radius 3 is 2.63 bits per heavy atom. The van der Waals surface area contributed by atoms with Crippen LogP contribution in [0.5, 0.6) is 6.01 Å². The van der Waals surface area contributed by atoms with Gasteiger partial charge < -0.3 is 24.2 Å². The number of hydrogen-bond donors (Lipinski definition) is 1. The Labute approximate surface area is 320 Å². The van der Waals surface area contributed by atoms with Crippen LogP contribution in [0.15, 0.2) is 65.7 Å². The van der Waals surface area contributed by atoms with Crippen molar-refractivity contribution in [2.45, 2.75) is 67.8 Å². The quantitative estimate of drug-likeness (QED) is 0.109. The summed E-state index contributed by atoms with van der Waals surface area (Å²) < 4.78 is 54.4. The molecule has 6 unspecified atom stereocenters. The SMILES string of the molecule is C#Cc1c(F)ccc2cccc(-c3ncc4c(N5CC6CCC(C5)N6)nc(OC)nc4c3F)c12.C[N+]12CCCC1CC(OCc1cccc(S(=O)Cl)c1)C2. The van der Waals surface area contributed by atoms with E-state index in [9.17, 15) is 8.60 Å². The van der Waals surface area contributed by atoms with Gasteiger partial charge in [0.05, 0.1) is 49.2 Å². The lowest BCUT2D eigenvalue weighted by Crippen LogP contribution is -2.51. The minimum absolute atomic E-state index is 0.0484. The molecule has 0 spiro atoms. The maximum Gasteiger partial charge on any atom is 0.318 e. The van der Waals surface area contributed by atoms with Gasteiger partial charge in [0.15, 0.2) is 5.82 Å². The number of nitrogens with one attached hydrogen (secondary N) is 1. The normalized spacial score (nSPS) is 24.9. The van der Waals surface area contributed by atoms with Gasteiger partial charge >= 0.3 is 6.01 Å². The lowest BCUT2D eigenvalue weighted by Gasteiger charge is -2.34. The standard InChI is InChI=1S/C26H21F2N5O.C15H21ClNO2S/c1-3-17-20(27)10-7-14-5-4-6-18(21(14)17)23-22(28)24-19(11-29-23)25(32-26(31-24)34-2)33-12-15-8-9-16(13-33)30-15;1-17-7-3-5-13(17)9-14(10-17)19-11-12-4-2-6-15(8-12)20(16)18/h1,4-7,10-11,15-16,30H,8-9,12-13H2,2H3;2,4,6,8,13-14H,3,5,7,9-11H2,1H3/q;+1. The highest BCUT2D eigenvalue weighted by molar-refractivity contribution is 8.08. The zero-order valence-corrected chi connectivity index (χ0v) is 31.8. The third-order valence-electron chi connectivity index (χ3n) is 11.5. The summed E-state index contributed by atoms with van der Waals surface area (Å²) in [6.45, 7) is 4.54. The van der Waals surface area contributed by atoms with Crippen LogP contribution in [0.2, 0.25) is 0 Å². The van der Waals surface area contributed by atoms with Gasteiger partial charge in [-0.1, -0.05) is 42.3 Å². The number of halogens is 3. The van der Waals surface area contributed by atoms with E-state index in [1.165, 1.54) is 43.5 Å². The number of nitrogens with zero attached hydrogens (tertiary/aromatic N) is 5. The van der Waals surface area contributed by atoms with Crippen LogP contribution in [0.4, 0.5) is 14.6 Å². The summed E-state index contributed by atoms with van der Waals surface area (Å²) in [5.74, 6) is 1.84. The number of terminal acetylenes is 1. The van der Waals surface area contributed by atoms with Crippen LogP contribution in [0.25, 0.3) is 32.9 Å². The van der Waals surface area contributed by atoms with Crippen LogP contribution in [-0.4, -0.2) is 88.2 Å². The molecule has 0 amide bonds. The number of ether oxygens (including phenoxy) is 2. The molecule has 2 aromatic heterocycles. The Morgan fingerprint density at radius 2 is 1.89 bits per heavy atom. The van der Waals surface area contributed by atoms with Crippen molar-refractivity contribution in [3.8, 4) is 29.6 Å². The molecule has 54 heavy (non-hydrogen) atoms. The van der Waals surface area contributed by atoms with Crippen LogP contribution in [-0.2, 0) is 21.4 Å². The molecule has 0 saturated carbocycles. The first-order valence-electron chi connectivity index (χ1n) is 18.4. The van der Waals surface area contributed by atoms with Crippen LogP contribution >= 0.6 is 10.7 Å². The second-order valence-electron chi connectivity index (χ2n) is 15.0. The Bertz CT molecular complexity index is 2300. The fraction of sp³-hybridized carbons (Fsp3) is 0.390. The predicted octanol–water partition coefficient (Wildman–Crippen LogP) is 6.90. The van der Waals surface area contributed by atoms with Crippen molar-refractivity contribution in [1.82, 2.24) is 20.3 Å². The van der Waals surface area contributed by atoms with E-state index in [2.05, 4.69) is 38.1 Å². The summed E-state index contributed by atoms with van der Waals surface area (Å²) in [4.78, 5) is 16.1. The maximum atomic E-state index is 16.1. The van der Waals surface area contributed by atoms with E-state index < -0.39 is 21.6 Å². The topological polar surface area (TPSA) is 89.5 Å². The third-order valence-corrected chi connectivity index (χ3v) is 12.7. The molecule has 3 aromatic carbocycles. The average molecular weight is 772 g/mol. The van der Waals surface area contributed by atoms with Crippen molar-refractivity contribution in [2.75, 3.05) is 45.2 Å². The number of likely N-dealkylation sites (N-methyl/N-ethyl adjacent to an activating group) is 1. The molecular formula is C41H42ClF2N6O3S+. The smallest absolute Gasteiger partial charge is 0.318 e. The van der Waals surface area contributed by atoms with Gasteiger partial charge in [-0.05, 0) is 52.7 Å². The second-order valence-corrected chi connectivity index (χ2v) is 16.7. The number of pyridine rings is 1. The highest BCUT2D eigenvalue weighted by atomic mass is 35.7. The Hall–Kier alpha value is -4.25.